The van der Waals surface area contributed by atoms with Crippen molar-refractivity contribution < 1.29 is 14.9 Å². The number of aromatic nitrogens is 8. The van der Waals surface area contributed by atoms with E-state index >= 15 is 0 Å². The van der Waals surface area contributed by atoms with E-state index in [0.717, 1.165) is 25.7 Å². The van der Waals surface area contributed by atoms with E-state index in [1.165, 1.54) is 15.7 Å². The monoisotopic (exact) mass is 445 g/mol. The lowest BCUT2D eigenvalue weighted by Crippen LogP contribution is -2.33. The van der Waals surface area contributed by atoms with Crippen LogP contribution in [0.5, 0.6) is 0 Å². The third-order valence-electron chi connectivity index (χ3n) is 6.07. The predicted octanol–water partition coefficient (Wildman–Crippen LogP) is -0.911. The zero-order valence-electron chi connectivity index (χ0n) is 17.6. The number of imidazole rings is 1. The first kappa shape index (κ1) is 20.9. The van der Waals surface area contributed by atoms with Crippen LogP contribution in [-0.4, -0.2) is 74.2 Å². The van der Waals surface area contributed by atoms with Gasteiger partial charge in [-0.05, 0) is 37.8 Å². The van der Waals surface area contributed by atoms with Gasteiger partial charge < -0.3 is 31.7 Å². The fourth-order valence-corrected chi connectivity index (χ4v) is 4.24. The minimum atomic E-state index is -1.27. The van der Waals surface area contributed by atoms with Crippen molar-refractivity contribution in [1.82, 2.24) is 39.7 Å². The normalized spacial score (nSPS) is 30.8. The smallest absolute Gasteiger partial charge is 0.226 e. The van der Waals surface area contributed by atoms with Gasteiger partial charge in [-0.3, -0.25) is 4.57 Å². The lowest BCUT2D eigenvalue weighted by atomic mass is 9.92. The Morgan fingerprint density at radius 2 is 1.97 bits per heavy atom. The van der Waals surface area contributed by atoms with Crippen LogP contribution in [0.3, 0.4) is 0 Å². The third-order valence-corrected chi connectivity index (χ3v) is 6.07. The molecule has 1 aliphatic carbocycles. The second kappa shape index (κ2) is 8.20. The summed E-state index contributed by atoms with van der Waals surface area (Å²) in [4.78, 5) is 14.6. The number of hydrogen-bond donors (Lipinski definition) is 5. The molecule has 0 amide bonds. The number of rotatable bonds is 5. The van der Waals surface area contributed by atoms with Gasteiger partial charge in [0.1, 0.15) is 17.7 Å². The van der Waals surface area contributed by atoms with Crippen LogP contribution < -0.4 is 16.8 Å². The first-order valence-corrected chi connectivity index (χ1v) is 10.8. The summed E-state index contributed by atoms with van der Waals surface area (Å²) in [6, 6.07) is 0.437. The largest absolute Gasteiger partial charge is 0.387 e. The SMILES string of the molecule is CCn1nnc([C@H]2O[C@@H](n3cnc4c(N)nc(N[C@H]5CC[C@H](N)CC5)nc43)[C@H](O)[C@@H]2O)n1. The average Bonchev–Trinajstić information content (AvgIpc) is 3.49. The molecular formula is C18H27N11O3. The molecule has 1 aliphatic heterocycles. The molecule has 0 spiro atoms. The van der Waals surface area contributed by atoms with Gasteiger partial charge in [-0.25, -0.2) is 4.98 Å². The van der Waals surface area contributed by atoms with Crippen molar-refractivity contribution in [3.63, 3.8) is 0 Å². The molecule has 0 unspecified atom stereocenters. The van der Waals surface area contributed by atoms with Crippen molar-refractivity contribution in [1.29, 1.82) is 0 Å². The number of nitrogens with one attached hydrogen (secondary N) is 1. The standard InChI is InChI=1S/C18H27N11O3/c1-2-29-26-15(25-27-29)13-11(30)12(31)17(32-13)28-7-21-10-14(20)23-18(24-16(10)28)22-9-5-3-8(19)4-6-9/h7-9,11-13,17,30-31H,2-6,19H2,1H3,(H3,20,22,23,24)/t8-,9-,11-,12+,13-,17+/m0/s1. The highest BCUT2D eigenvalue weighted by atomic mass is 16.6. The van der Waals surface area contributed by atoms with Crippen LogP contribution in [0, 0.1) is 0 Å². The van der Waals surface area contributed by atoms with Crippen LogP contribution >= 0.6 is 0 Å². The Labute approximate surface area is 183 Å². The van der Waals surface area contributed by atoms with E-state index in [1.807, 2.05) is 6.92 Å². The zero-order chi connectivity index (χ0) is 22.4. The molecule has 14 nitrogen and oxygen atoms in total. The van der Waals surface area contributed by atoms with Gasteiger partial charge in [0.2, 0.25) is 11.8 Å². The van der Waals surface area contributed by atoms with E-state index in [-0.39, 0.29) is 23.7 Å². The number of anilines is 2. The Morgan fingerprint density at radius 3 is 2.69 bits per heavy atom. The quantitative estimate of drug-likeness (QED) is 0.324. The van der Waals surface area contributed by atoms with Crippen LogP contribution in [0.4, 0.5) is 11.8 Å². The lowest BCUT2D eigenvalue weighted by molar-refractivity contribution is -0.0384. The molecule has 0 radical (unpaired) electrons. The second-order valence-electron chi connectivity index (χ2n) is 8.28. The van der Waals surface area contributed by atoms with Crippen LogP contribution in [0.2, 0.25) is 0 Å². The first-order chi connectivity index (χ1) is 15.4. The summed E-state index contributed by atoms with van der Waals surface area (Å²) in [6.07, 6.45) is 0.736. The molecule has 3 aromatic rings. The summed E-state index contributed by atoms with van der Waals surface area (Å²) in [7, 11) is 0. The molecule has 3 aromatic heterocycles. The number of tetrazole rings is 1. The summed E-state index contributed by atoms with van der Waals surface area (Å²) in [5, 5.41) is 36.6. The summed E-state index contributed by atoms with van der Waals surface area (Å²) >= 11 is 0. The fraction of sp³-hybridized carbons (Fsp3) is 0.667. The first-order valence-electron chi connectivity index (χ1n) is 10.8. The number of aliphatic hydroxyl groups excluding tert-OH is 2. The Morgan fingerprint density at radius 1 is 1.19 bits per heavy atom. The van der Waals surface area contributed by atoms with Crippen molar-refractivity contribution in [2.45, 2.75) is 75.8 Å². The molecule has 7 N–H and O–H groups in total. The number of aliphatic hydroxyl groups is 2. The van der Waals surface area contributed by atoms with E-state index in [0.29, 0.717) is 23.7 Å². The Bertz CT molecular complexity index is 1090. The summed E-state index contributed by atoms with van der Waals surface area (Å²) in [6.45, 7) is 2.39. The number of nitrogens with two attached hydrogens (primary N) is 2. The second-order valence-corrected chi connectivity index (χ2v) is 8.28. The topological polar surface area (TPSA) is 201 Å². The van der Waals surface area contributed by atoms with Gasteiger partial charge in [-0.15, -0.1) is 10.2 Å². The molecule has 0 aromatic carbocycles. The average molecular weight is 445 g/mol. The number of nitrogen functional groups attached to an aromatic ring is 1. The van der Waals surface area contributed by atoms with Gasteiger partial charge in [0.05, 0.1) is 12.9 Å². The fourth-order valence-electron chi connectivity index (χ4n) is 4.24. The number of aryl methyl sites for hydroxylation is 1. The predicted molar refractivity (Wildman–Crippen MR) is 112 cm³/mol. The van der Waals surface area contributed by atoms with Gasteiger partial charge in [-0.1, -0.05) is 0 Å². The summed E-state index contributed by atoms with van der Waals surface area (Å²) < 4.78 is 7.47. The van der Waals surface area contributed by atoms with Crippen molar-refractivity contribution >= 4 is 22.9 Å². The maximum absolute atomic E-state index is 10.7. The zero-order valence-corrected chi connectivity index (χ0v) is 17.6. The Kier molecular flexibility index (Phi) is 5.36. The van der Waals surface area contributed by atoms with Gasteiger partial charge >= 0.3 is 0 Å². The minimum Gasteiger partial charge on any atom is -0.387 e. The molecule has 5 rings (SSSR count). The highest BCUT2D eigenvalue weighted by Gasteiger charge is 2.47. The van der Waals surface area contributed by atoms with Gasteiger partial charge in [0.15, 0.2) is 23.8 Å². The van der Waals surface area contributed by atoms with E-state index in [2.05, 4.69) is 35.7 Å². The Balaban J connectivity index is 1.42. The van der Waals surface area contributed by atoms with Crippen LogP contribution in [-0.2, 0) is 11.3 Å². The minimum absolute atomic E-state index is 0.192. The van der Waals surface area contributed by atoms with Crippen molar-refractivity contribution in [2.75, 3.05) is 11.1 Å². The van der Waals surface area contributed by atoms with Crippen molar-refractivity contribution in [3.05, 3.63) is 12.2 Å². The van der Waals surface area contributed by atoms with E-state index in [1.54, 1.807) is 0 Å². The molecule has 172 valence electrons. The van der Waals surface area contributed by atoms with Crippen LogP contribution in [0.15, 0.2) is 6.33 Å². The molecule has 4 heterocycles. The van der Waals surface area contributed by atoms with Crippen molar-refractivity contribution in [3.8, 4) is 0 Å². The van der Waals surface area contributed by atoms with E-state index in [9.17, 15) is 10.2 Å². The van der Waals surface area contributed by atoms with Crippen molar-refractivity contribution in [2.24, 2.45) is 5.73 Å². The molecule has 2 aliphatic rings. The molecule has 1 saturated heterocycles. The van der Waals surface area contributed by atoms with Crippen LogP contribution in [0.1, 0.15) is 50.8 Å². The van der Waals surface area contributed by atoms with Gasteiger partial charge in [0.25, 0.3) is 0 Å². The maximum atomic E-state index is 10.7. The number of nitrogens with zero attached hydrogens (tertiary/aromatic N) is 8. The molecule has 1 saturated carbocycles. The van der Waals surface area contributed by atoms with Gasteiger partial charge in [0, 0.05) is 12.1 Å². The van der Waals surface area contributed by atoms with E-state index in [4.69, 9.17) is 16.2 Å². The van der Waals surface area contributed by atoms with Crippen LogP contribution in [0.25, 0.3) is 11.2 Å². The summed E-state index contributed by atoms with van der Waals surface area (Å²) in [5.41, 5.74) is 12.9. The van der Waals surface area contributed by atoms with E-state index < -0.39 is 24.5 Å². The molecule has 32 heavy (non-hydrogen) atoms. The number of fused-ring (bicyclic) bond motifs is 1. The third kappa shape index (κ3) is 3.64. The Hall–Kier alpha value is -2.94. The van der Waals surface area contributed by atoms with Gasteiger partial charge in [-0.2, -0.15) is 14.8 Å². The molecule has 0 bridgehead atoms. The number of ether oxygens (including phenoxy) is 1. The summed E-state index contributed by atoms with van der Waals surface area (Å²) in [5.74, 6) is 0.771. The maximum Gasteiger partial charge on any atom is 0.226 e. The highest BCUT2D eigenvalue weighted by Crippen LogP contribution is 2.38. The molecule has 2 fully saturated rings. The lowest BCUT2D eigenvalue weighted by Gasteiger charge is -2.26. The molecule has 4 atom stereocenters. The molecular weight excluding hydrogens is 418 g/mol. The number of hydrogen-bond acceptors (Lipinski definition) is 12. The highest BCUT2D eigenvalue weighted by molar-refractivity contribution is 5.83. The molecule has 14 heteroatoms.